The standard InChI is InChI=1S/C28H30N2O6.2ClH/c1-15(2)11-23-22(13-29)25(18-7-5-16(3)6-8-18)24(17(4)30-23)28(35)36-14-20-10-9-19(26(31)32)12-21(20)27(33)34;;/h5-10,12,15H,11,13-14,29H2,1-4H3,(H,31,32)(H,33,34);2*1H. The van der Waals surface area contributed by atoms with Crippen LogP contribution in [0.1, 0.15) is 73.0 Å². The summed E-state index contributed by atoms with van der Waals surface area (Å²) in [4.78, 5) is 41.0. The van der Waals surface area contributed by atoms with Gasteiger partial charge in [0.25, 0.3) is 0 Å². The Kier molecular flexibility index (Phi) is 11.9. The predicted octanol–water partition coefficient (Wildman–Crippen LogP) is 5.62. The van der Waals surface area contributed by atoms with Gasteiger partial charge < -0.3 is 20.7 Å². The molecule has 0 bridgehead atoms. The molecule has 0 amide bonds. The van der Waals surface area contributed by atoms with E-state index >= 15 is 0 Å². The van der Waals surface area contributed by atoms with Crippen LogP contribution in [0.15, 0.2) is 42.5 Å². The van der Waals surface area contributed by atoms with Gasteiger partial charge in [-0.2, -0.15) is 0 Å². The van der Waals surface area contributed by atoms with Gasteiger partial charge in [-0.25, -0.2) is 14.4 Å². The van der Waals surface area contributed by atoms with Crippen LogP contribution in [0.25, 0.3) is 11.1 Å². The van der Waals surface area contributed by atoms with E-state index < -0.39 is 17.9 Å². The summed E-state index contributed by atoms with van der Waals surface area (Å²) in [6.07, 6.45) is 0.694. The zero-order valence-electron chi connectivity index (χ0n) is 21.6. The van der Waals surface area contributed by atoms with Crippen LogP contribution in [0.3, 0.4) is 0 Å². The van der Waals surface area contributed by atoms with Crippen LogP contribution in [0.4, 0.5) is 0 Å². The molecule has 4 N–H and O–H groups in total. The Labute approximate surface area is 234 Å². The average molecular weight is 563 g/mol. The minimum Gasteiger partial charge on any atom is -0.478 e. The lowest BCUT2D eigenvalue weighted by molar-refractivity contribution is 0.0464. The summed E-state index contributed by atoms with van der Waals surface area (Å²) in [5.74, 6) is -2.90. The molecule has 3 aromatic rings. The van der Waals surface area contributed by atoms with Gasteiger partial charge in [0, 0.05) is 23.4 Å². The molecule has 38 heavy (non-hydrogen) atoms. The summed E-state index contributed by atoms with van der Waals surface area (Å²) in [5.41, 5.74) is 10.8. The van der Waals surface area contributed by atoms with Crippen LogP contribution < -0.4 is 5.73 Å². The van der Waals surface area contributed by atoms with Gasteiger partial charge in [0.2, 0.25) is 0 Å². The minimum absolute atomic E-state index is 0. The molecule has 204 valence electrons. The van der Waals surface area contributed by atoms with Crippen LogP contribution in [0.5, 0.6) is 0 Å². The average Bonchev–Trinajstić information content (AvgIpc) is 2.82. The number of aromatic carboxylic acids is 2. The molecule has 3 rings (SSSR count). The maximum atomic E-state index is 13.4. The van der Waals surface area contributed by atoms with E-state index in [1.165, 1.54) is 12.1 Å². The maximum absolute atomic E-state index is 13.4. The van der Waals surface area contributed by atoms with Crippen LogP contribution >= 0.6 is 24.8 Å². The molecule has 0 unspecified atom stereocenters. The summed E-state index contributed by atoms with van der Waals surface area (Å²) in [6, 6.07) is 11.4. The van der Waals surface area contributed by atoms with Gasteiger partial charge in [-0.05, 0) is 49.4 Å². The van der Waals surface area contributed by atoms with Crippen molar-refractivity contribution in [3.05, 3.63) is 87.2 Å². The number of carboxylic acid groups (broad SMARTS) is 2. The van der Waals surface area contributed by atoms with Crippen molar-refractivity contribution in [2.75, 3.05) is 0 Å². The van der Waals surface area contributed by atoms with Crippen molar-refractivity contribution in [3.8, 4) is 11.1 Å². The largest absolute Gasteiger partial charge is 0.478 e. The first kappa shape index (κ1) is 32.6. The van der Waals surface area contributed by atoms with Gasteiger partial charge in [-0.1, -0.05) is 49.7 Å². The Morgan fingerprint density at radius 3 is 2.13 bits per heavy atom. The number of aryl methyl sites for hydroxylation is 2. The molecule has 0 aliphatic heterocycles. The number of carbonyl (C=O) groups is 3. The fourth-order valence-corrected chi connectivity index (χ4v) is 4.12. The molecule has 0 saturated heterocycles. The number of hydrogen-bond donors (Lipinski definition) is 3. The van der Waals surface area contributed by atoms with Gasteiger partial charge in [0.1, 0.15) is 6.61 Å². The third-order valence-corrected chi connectivity index (χ3v) is 5.86. The van der Waals surface area contributed by atoms with Crippen molar-refractivity contribution in [2.45, 2.75) is 47.3 Å². The van der Waals surface area contributed by atoms with Crippen molar-refractivity contribution < 1.29 is 29.3 Å². The second-order valence-electron chi connectivity index (χ2n) is 9.10. The first-order valence-electron chi connectivity index (χ1n) is 11.6. The molecule has 0 atom stereocenters. The Bertz CT molecular complexity index is 1320. The number of nitrogens with zero attached hydrogens (tertiary/aromatic N) is 1. The summed E-state index contributed by atoms with van der Waals surface area (Å²) in [6.45, 7) is 7.71. The third-order valence-electron chi connectivity index (χ3n) is 5.86. The number of hydrogen-bond acceptors (Lipinski definition) is 6. The highest BCUT2D eigenvalue weighted by molar-refractivity contribution is 6.00. The van der Waals surface area contributed by atoms with Crippen molar-refractivity contribution >= 4 is 42.7 Å². The third kappa shape index (κ3) is 7.31. The molecule has 10 heteroatoms. The highest BCUT2D eigenvalue weighted by Gasteiger charge is 2.25. The van der Waals surface area contributed by atoms with Gasteiger partial charge in [-0.3, -0.25) is 4.98 Å². The summed E-state index contributed by atoms with van der Waals surface area (Å²) in [7, 11) is 0. The molecule has 0 aliphatic carbocycles. The van der Waals surface area contributed by atoms with Crippen LogP contribution in [0, 0.1) is 19.8 Å². The Morgan fingerprint density at radius 1 is 0.974 bits per heavy atom. The van der Waals surface area contributed by atoms with E-state index in [4.69, 9.17) is 20.6 Å². The van der Waals surface area contributed by atoms with Crippen molar-refractivity contribution in [3.63, 3.8) is 0 Å². The van der Waals surface area contributed by atoms with Gasteiger partial charge in [-0.15, -0.1) is 24.8 Å². The van der Waals surface area contributed by atoms with E-state index in [0.717, 1.165) is 28.5 Å². The topological polar surface area (TPSA) is 140 Å². The smallest absolute Gasteiger partial charge is 0.340 e. The molecule has 1 heterocycles. The Morgan fingerprint density at radius 2 is 1.61 bits per heavy atom. The number of pyridine rings is 1. The molecule has 1 aromatic heterocycles. The fourth-order valence-electron chi connectivity index (χ4n) is 4.12. The van der Waals surface area contributed by atoms with E-state index in [1.54, 1.807) is 6.92 Å². The molecular formula is C28H32Cl2N2O6. The molecule has 0 spiro atoms. The van der Waals surface area contributed by atoms with E-state index in [0.29, 0.717) is 23.6 Å². The maximum Gasteiger partial charge on any atom is 0.340 e. The number of aromatic nitrogens is 1. The van der Waals surface area contributed by atoms with Crippen LogP contribution in [-0.4, -0.2) is 33.1 Å². The summed E-state index contributed by atoms with van der Waals surface area (Å²) < 4.78 is 5.56. The van der Waals surface area contributed by atoms with E-state index in [1.807, 2.05) is 31.2 Å². The minimum atomic E-state index is -1.31. The first-order valence-corrected chi connectivity index (χ1v) is 11.6. The highest BCUT2D eigenvalue weighted by Crippen LogP contribution is 2.33. The number of nitrogens with two attached hydrogens (primary N) is 1. The SMILES string of the molecule is Cc1ccc(-c2c(CN)c(CC(C)C)nc(C)c2C(=O)OCc2ccc(C(=O)O)cc2C(=O)O)cc1.Cl.Cl. The second-order valence-corrected chi connectivity index (χ2v) is 9.10. The number of benzene rings is 2. The number of rotatable bonds is 9. The van der Waals surface area contributed by atoms with Gasteiger partial charge >= 0.3 is 17.9 Å². The normalized spacial score (nSPS) is 10.4. The number of halogens is 2. The molecule has 0 radical (unpaired) electrons. The van der Waals surface area contributed by atoms with Gasteiger partial charge in [0.15, 0.2) is 0 Å². The van der Waals surface area contributed by atoms with Crippen LogP contribution in [-0.2, 0) is 24.3 Å². The van der Waals surface area contributed by atoms with Crippen molar-refractivity contribution in [1.82, 2.24) is 4.98 Å². The fraction of sp³-hybridized carbons (Fsp3) is 0.286. The molecule has 0 aliphatic rings. The monoisotopic (exact) mass is 562 g/mol. The molecular weight excluding hydrogens is 531 g/mol. The van der Waals surface area contributed by atoms with Crippen LogP contribution in [0.2, 0.25) is 0 Å². The van der Waals surface area contributed by atoms with E-state index in [-0.39, 0.29) is 60.2 Å². The molecule has 2 aromatic carbocycles. The zero-order valence-corrected chi connectivity index (χ0v) is 23.2. The Hall–Kier alpha value is -3.46. The zero-order chi connectivity index (χ0) is 26.6. The van der Waals surface area contributed by atoms with E-state index in [9.17, 15) is 19.5 Å². The second kappa shape index (κ2) is 13.9. The number of ether oxygens (including phenoxy) is 1. The number of esters is 1. The highest BCUT2D eigenvalue weighted by atomic mass is 35.5. The molecule has 8 nitrogen and oxygen atoms in total. The Balaban J connectivity index is 0.00000361. The van der Waals surface area contributed by atoms with E-state index in [2.05, 4.69) is 13.8 Å². The quantitative estimate of drug-likeness (QED) is 0.285. The summed E-state index contributed by atoms with van der Waals surface area (Å²) >= 11 is 0. The molecule has 0 fully saturated rings. The van der Waals surface area contributed by atoms with Crippen molar-refractivity contribution in [2.24, 2.45) is 11.7 Å². The lowest BCUT2D eigenvalue weighted by Gasteiger charge is -2.20. The van der Waals surface area contributed by atoms with Crippen molar-refractivity contribution in [1.29, 1.82) is 0 Å². The predicted molar refractivity (Wildman–Crippen MR) is 150 cm³/mol. The lowest BCUT2D eigenvalue weighted by Crippen LogP contribution is -2.17. The van der Waals surface area contributed by atoms with Gasteiger partial charge in [0.05, 0.1) is 22.4 Å². The first-order chi connectivity index (χ1) is 17.0. The molecule has 0 saturated carbocycles. The summed E-state index contributed by atoms with van der Waals surface area (Å²) in [5, 5.41) is 18.7. The number of carbonyl (C=O) groups excluding carboxylic acids is 1. The number of carboxylic acids is 2. The lowest BCUT2D eigenvalue weighted by atomic mass is 9.90.